The van der Waals surface area contributed by atoms with Crippen LogP contribution in [-0.4, -0.2) is 45.1 Å². The number of aryl methyl sites for hydroxylation is 1. The lowest BCUT2D eigenvalue weighted by Crippen LogP contribution is -2.26. The molecule has 0 radical (unpaired) electrons. The predicted octanol–water partition coefficient (Wildman–Crippen LogP) is 4.36. The smallest absolute Gasteiger partial charge is 0.220 e. The Kier molecular flexibility index (Phi) is 5.98. The van der Waals surface area contributed by atoms with Gasteiger partial charge in [-0.05, 0) is 61.5 Å². The Morgan fingerprint density at radius 3 is 2.74 bits per heavy atom. The molecule has 34 heavy (non-hydrogen) atoms. The average Bonchev–Trinajstić information content (AvgIpc) is 3.39. The van der Waals surface area contributed by atoms with Crippen molar-refractivity contribution in [2.45, 2.75) is 25.4 Å². The normalized spacial score (nSPS) is 15.0. The van der Waals surface area contributed by atoms with E-state index in [1.807, 2.05) is 18.2 Å². The standard InChI is InChI=1S/C26H27FN6O/c1-32(15-17-4-3-5-21(14-17)34-2)16-20-10-11-23-31-24(18-6-8-19(27)9-7-18)25(33(20)23)22-12-13-29-26(28)30-22/h3-9,12-14,20H,10-11,15-16H2,1-2H3,(H2,28,29,30)/t20-/m0/s1. The summed E-state index contributed by atoms with van der Waals surface area (Å²) in [6.45, 7) is 1.65. The summed E-state index contributed by atoms with van der Waals surface area (Å²) in [6.07, 6.45) is 3.51. The number of aromatic nitrogens is 4. The largest absolute Gasteiger partial charge is 0.497 e. The van der Waals surface area contributed by atoms with E-state index in [-0.39, 0.29) is 17.8 Å². The first-order valence-electron chi connectivity index (χ1n) is 11.3. The fourth-order valence-electron chi connectivity index (χ4n) is 4.71. The van der Waals surface area contributed by atoms with Gasteiger partial charge in [-0.3, -0.25) is 0 Å². The van der Waals surface area contributed by atoms with E-state index in [0.717, 1.165) is 54.5 Å². The number of ether oxygens (including phenoxy) is 1. The Labute approximate surface area is 198 Å². The molecule has 0 saturated heterocycles. The first kappa shape index (κ1) is 22.0. The zero-order chi connectivity index (χ0) is 23.7. The number of nitrogen functional groups attached to an aromatic ring is 1. The topological polar surface area (TPSA) is 82.1 Å². The Hall–Kier alpha value is -3.78. The van der Waals surface area contributed by atoms with E-state index >= 15 is 0 Å². The van der Waals surface area contributed by atoms with Gasteiger partial charge in [0.15, 0.2) is 0 Å². The third kappa shape index (κ3) is 4.36. The summed E-state index contributed by atoms with van der Waals surface area (Å²) in [4.78, 5) is 15.8. The van der Waals surface area contributed by atoms with Gasteiger partial charge in [-0.25, -0.2) is 19.3 Å². The van der Waals surface area contributed by atoms with Crippen LogP contribution in [-0.2, 0) is 13.0 Å². The number of imidazole rings is 1. The second-order valence-electron chi connectivity index (χ2n) is 8.64. The lowest BCUT2D eigenvalue weighted by Gasteiger charge is -2.24. The highest BCUT2D eigenvalue weighted by Gasteiger charge is 2.31. The van der Waals surface area contributed by atoms with E-state index < -0.39 is 0 Å². The maximum absolute atomic E-state index is 13.6. The molecule has 0 bridgehead atoms. The van der Waals surface area contributed by atoms with Crippen molar-refractivity contribution in [2.24, 2.45) is 0 Å². The second-order valence-corrected chi connectivity index (χ2v) is 8.64. The van der Waals surface area contributed by atoms with Crippen LogP contribution in [0.3, 0.4) is 0 Å². The van der Waals surface area contributed by atoms with E-state index in [0.29, 0.717) is 5.69 Å². The number of benzene rings is 2. The molecule has 5 rings (SSSR count). The molecule has 7 nitrogen and oxygen atoms in total. The highest BCUT2D eigenvalue weighted by molar-refractivity contribution is 5.78. The van der Waals surface area contributed by atoms with Gasteiger partial charge in [0.25, 0.3) is 0 Å². The van der Waals surface area contributed by atoms with Crippen molar-refractivity contribution in [1.29, 1.82) is 0 Å². The van der Waals surface area contributed by atoms with Crippen LogP contribution in [0.25, 0.3) is 22.6 Å². The number of halogens is 1. The van der Waals surface area contributed by atoms with Gasteiger partial charge in [0, 0.05) is 37.3 Å². The molecule has 2 aromatic heterocycles. The van der Waals surface area contributed by atoms with Crippen molar-refractivity contribution < 1.29 is 9.13 Å². The zero-order valence-corrected chi connectivity index (χ0v) is 19.3. The number of hydrogen-bond acceptors (Lipinski definition) is 6. The summed E-state index contributed by atoms with van der Waals surface area (Å²) in [5, 5.41) is 0. The van der Waals surface area contributed by atoms with Crippen molar-refractivity contribution in [2.75, 3.05) is 26.4 Å². The van der Waals surface area contributed by atoms with Crippen LogP contribution in [0, 0.1) is 5.82 Å². The highest BCUT2D eigenvalue weighted by atomic mass is 19.1. The molecule has 0 fully saturated rings. The average molecular weight is 459 g/mol. The molecule has 174 valence electrons. The molecule has 4 aromatic rings. The van der Waals surface area contributed by atoms with Crippen LogP contribution in [0.5, 0.6) is 5.75 Å². The van der Waals surface area contributed by atoms with Crippen LogP contribution in [0.2, 0.25) is 0 Å². The molecule has 8 heteroatoms. The van der Waals surface area contributed by atoms with Crippen molar-refractivity contribution in [3.63, 3.8) is 0 Å². The van der Waals surface area contributed by atoms with E-state index in [1.165, 1.54) is 17.7 Å². The number of nitrogens with two attached hydrogens (primary N) is 1. The monoisotopic (exact) mass is 458 g/mol. The number of methoxy groups -OCH3 is 1. The summed E-state index contributed by atoms with van der Waals surface area (Å²) in [7, 11) is 3.81. The molecule has 0 unspecified atom stereocenters. The number of rotatable bonds is 7. The number of nitrogens with zero attached hydrogens (tertiary/aromatic N) is 5. The predicted molar refractivity (Wildman–Crippen MR) is 130 cm³/mol. The third-order valence-electron chi connectivity index (χ3n) is 6.19. The van der Waals surface area contributed by atoms with Gasteiger partial charge in [0.1, 0.15) is 17.4 Å². The molecule has 0 aliphatic carbocycles. The van der Waals surface area contributed by atoms with E-state index in [1.54, 1.807) is 25.4 Å². The molecule has 0 amide bonds. The Morgan fingerprint density at radius 1 is 1.15 bits per heavy atom. The molecule has 0 spiro atoms. The van der Waals surface area contributed by atoms with Crippen LogP contribution < -0.4 is 10.5 Å². The Morgan fingerprint density at radius 2 is 1.97 bits per heavy atom. The fraction of sp³-hybridized carbons (Fsp3) is 0.269. The van der Waals surface area contributed by atoms with Gasteiger partial charge in [-0.1, -0.05) is 12.1 Å². The van der Waals surface area contributed by atoms with Gasteiger partial charge in [-0.15, -0.1) is 0 Å². The first-order valence-corrected chi connectivity index (χ1v) is 11.3. The molecule has 1 aliphatic heterocycles. The SMILES string of the molecule is COc1cccc(CN(C)C[C@@H]2CCc3nc(-c4ccc(F)cc4)c(-c4ccnc(N)n4)n32)c1. The van der Waals surface area contributed by atoms with Crippen LogP contribution in [0.4, 0.5) is 10.3 Å². The van der Waals surface area contributed by atoms with Gasteiger partial charge < -0.3 is 19.9 Å². The van der Waals surface area contributed by atoms with Crippen molar-refractivity contribution in [3.05, 3.63) is 78.0 Å². The van der Waals surface area contributed by atoms with Crippen molar-refractivity contribution in [1.82, 2.24) is 24.4 Å². The molecular weight excluding hydrogens is 431 g/mol. The Balaban J connectivity index is 1.49. The van der Waals surface area contributed by atoms with Crippen molar-refractivity contribution in [3.8, 4) is 28.4 Å². The maximum atomic E-state index is 13.6. The Bertz CT molecular complexity index is 1300. The second kappa shape index (κ2) is 9.23. The number of hydrogen-bond donors (Lipinski definition) is 1. The minimum atomic E-state index is -0.277. The van der Waals surface area contributed by atoms with Crippen LogP contribution >= 0.6 is 0 Å². The molecule has 1 atom stereocenters. The van der Waals surface area contributed by atoms with E-state index in [2.05, 4.69) is 38.6 Å². The minimum Gasteiger partial charge on any atom is -0.497 e. The molecule has 2 N–H and O–H groups in total. The number of anilines is 1. The van der Waals surface area contributed by atoms with Gasteiger partial charge >= 0.3 is 0 Å². The summed E-state index contributed by atoms with van der Waals surface area (Å²) < 4.78 is 21.2. The number of fused-ring (bicyclic) bond motifs is 1. The lowest BCUT2D eigenvalue weighted by molar-refractivity contribution is 0.273. The summed E-state index contributed by atoms with van der Waals surface area (Å²) in [5.74, 6) is 1.80. The van der Waals surface area contributed by atoms with Crippen molar-refractivity contribution >= 4 is 5.95 Å². The molecule has 3 heterocycles. The van der Waals surface area contributed by atoms with Gasteiger partial charge in [0.05, 0.1) is 24.2 Å². The third-order valence-corrected chi connectivity index (χ3v) is 6.19. The van der Waals surface area contributed by atoms with E-state index in [4.69, 9.17) is 15.5 Å². The molecule has 1 aliphatic rings. The highest BCUT2D eigenvalue weighted by Crippen LogP contribution is 2.39. The van der Waals surface area contributed by atoms with Crippen LogP contribution in [0.1, 0.15) is 23.9 Å². The summed E-state index contributed by atoms with van der Waals surface area (Å²) in [6, 6.07) is 16.6. The van der Waals surface area contributed by atoms with Gasteiger partial charge in [0.2, 0.25) is 5.95 Å². The lowest BCUT2D eigenvalue weighted by atomic mass is 10.1. The van der Waals surface area contributed by atoms with E-state index in [9.17, 15) is 4.39 Å². The quantitative estimate of drug-likeness (QED) is 0.443. The first-order chi connectivity index (χ1) is 16.5. The van der Waals surface area contributed by atoms with Crippen LogP contribution in [0.15, 0.2) is 60.8 Å². The molecule has 0 saturated carbocycles. The fourth-order valence-corrected chi connectivity index (χ4v) is 4.71. The summed E-state index contributed by atoms with van der Waals surface area (Å²) >= 11 is 0. The number of likely N-dealkylation sites (N-methyl/N-ethyl adjacent to an activating group) is 1. The van der Waals surface area contributed by atoms with Gasteiger partial charge in [-0.2, -0.15) is 0 Å². The molecule has 2 aromatic carbocycles. The maximum Gasteiger partial charge on any atom is 0.220 e. The minimum absolute atomic E-state index is 0.211. The summed E-state index contributed by atoms with van der Waals surface area (Å²) in [5.41, 5.74) is 10.4. The zero-order valence-electron chi connectivity index (χ0n) is 19.3. The molecular formula is C26H27FN6O.